The zero-order chi connectivity index (χ0) is 20.4. The van der Waals surface area contributed by atoms with Crippen molar-refractivity contribution in [1.82, 2.24) is 5.32 Å². The summed E-state index contributed by atoms with van der Waals surface area (Å²) in [7, 11) is 0. The van der Waals surface area contributed by atoms with Gasteiger partial charge in [-0.3, -0.25) is 4.79 Å². The summed E-state index contributed by atoms with van der Waals surface area (Å²) in [6.45, 7) is 9.63. The molecule has 0 heterocycles. The molecule has 0 saturated heterocycles. The molecule has 0 aliphatic rings. The highest BCUT2D eigenvalue weighted by Gasteiger charge is 2.11. The number of nitrogens with one attached hydrogen (secondary N) is 1. The molecule has 0 radical (unpaired) electrons. The number of aryl methyl sites for hydroxylation is 1. The van der Waals surface area contributed by atoms with Crippen molar-refractivity contribution in [2.75, 3.05) is 19.8 Å². The smallest absolute Gasteiger partial charge is 0.220 e. The van der Waals surface area contributed by atoms with Crippen LogP contribution >= 0.6 is 0 Å². The number of ether oxygens (including phenoxy) is 3. The standard InChI is InChI=1S/C23H31NO4/c1-5-26-20-12-10-19(11-13-20)17(4)24-23(25)15-9-18-8-14-21(27-6-2)22(16-18)28-7-3/h8,10-14,16-17H,5-7,9,15H2,1-4H3,(H,24,25)/t17-/m1/s1. The molecule has 2 aromatic carbocycles. The minimum Gasteiger partial charge on any atom is -0.494 e. The second kappa shape index (κ2) is 11.2. The zero-order valence-electron chi connectivity index (χ0n) is 17.3. The molecule has 0 aromatic heterocycles. The SMILES string of the molecule is CCOc1ccc([C@@H](C)NC(=O)CCc2ccc(OCC)c(OCC)c2)cc1. The lowest BCUT2D eigenvalue weighted by Crippen LogP contribution is -2.26. The number of hydrogen-bond donors (Lipinski definition) is 1. The van der Waals surface area contributed by atoms with E-state index in [1.54, 1.807) is 0 Å². The Morgan fingerprint density at radius 1 is 0.893 bits per heavy atom. The maximum absolute atomic E-state index is 12.4. The number of amides is 1. The molecule has 0 bridgehead atoms. The average Bonchev–Trinajstić information content (AvgIpc) is 2.69. The minimum absolute atomic E-state index is 0.0215. The van der Waals surface area contributed by atoms with E-state index >= 15 is 0 Å². The van der Waals surface area contributed by atoms with E-state index in [9.17, 15) is 4.79 Å². The van der Waals surface area contributed by atoms with Crippen molar-refractivity contribution in [3.63, 3.8) is 0 Å². The van der Waals surface area contributed by atoms with Crippen LogP contribution in [-0.4, -0.2) is 25.7 Å². The first-order valence-electron chi connectivity index (χ1n) is 9.98. The molecule has 152 valence electrons. The van der Waals surface area contributed by atoms with Crippen LogP contribution in [0, 0.1) is 0 Å². The van der Waals surface area contributed by atoms with E-state index in [2.05, 4.69) is 5.32 Å². The Morgan fingerprint density at radius 3 is 2.18 bits per heavy atom. The van der Waals surface area contributed by atoms with Crippen molar-refractivity contribution in [3.05, 3.63) is 53.6 Å². The third kappa shape index (κ3) is 6.48. The van der Waals surface area contributed by atoms with Gasteiger partial charge in [-0.1, -0.05) is 18.2 Å². The summed E-state index contributed by atoms with van der Waals surface area (Å²) < 4.78 is 16.7. The average molecular weight is 386 g/mol. The van der Waals surface area contributed by atoms with E-state index in [1.165, 1.54) is 0 Å². The van der Waals surface area contributed by atoms with E-state index < -0.39 is 0 Å². The van der Waals surface area contributed by atoms with Gasteiger partial charge in [0.2, 0.25) is 5.91 Å². The van der Waals surface area contributed by atoms with Gasteiger partial charge in [0.05, 0.1) is 25.9 Å². The van der Waals surface area contributed by atoms with Gasteiger partial charge in [-0.2, -0.15) is 0 Å². The molecule has 2 aromatic rings. The highest BCUT2D eigenvalue weighted by molar-refractivity contribution is 5.76. The van der Waals surface area contributed by atoms with Gasteiger partial charge in [-0.05, 0) is 69.5 Å². The summed E-state index contributed by atoms with van der Waals surface area (Å²) in [5, 5.41) is 3.05. The monoisotopic (exact) mass is 385 g/mol. The summed E-state index contributed by atoms with van der Waals surface area (Å²) in [4.78, 5) is 12.4. The largest absolute Gasteiger partial charge is 0.494 e. The second-order valence-electron chi connectivity index (χ2n) is 6.44. The molecule has 28 heavy (non-hydrogen) atoms. The first-order chi connectivity index (χ1) is 13.6. The van der Waals surface area contributed by atoms with Crippen molar-refractivity contribution < 1.29 is 19.0 Å². The third-order valence-corrected chi connectivity index (χ3v) is 4.32. The molecule has 5 heteroatoms. The summed E-state index contributed by atoms with van der Waals surface area (Å²) in [6.07, 6.45) is 1.06. The van der Waals surface area contributed by atoms with Crippen LogP contribution in [-0.2, 0) is 11.2 Å². The molecule has 0 saturated carbocycles. The molecule has 1 N–H and O–H groups in total. The minimum atomic E-state index is -0.0532. The molecule has 0 aliphatic heterocycles. The Kier molecular flexibility index (Phi) is 8.66. The van der Waals surface area contributed by atoms with Gasteiger partial charge >= 0.3 is 0 Å². The maximum atomic E-state index is 12.4. The number of rotatable bonds is 11. The molecule has 1 amide bonds. The fraction of sp³-hybridized carbons (Fsp3) is 0.435. The van der Waals surface area contributed by atoms with Crippen LogP contribution in [0.15, 0.2) is 42.5 Å². The van der Waals surface area contributed by atoms with Gasteiger partial charge in [0.25, 0.3) is 0 Å². The lowest BCUT2D eigenvalue weighted by molar-refractivity contribution is -0.121. The summed E-state index contributed by atoms with van der Waals surface area (Å²) >= 11 is 0. The van der Waals surface area contributed by atoms with Gasteiger partial charge in [0, 0.05) is 6.42 Å². The van der Waals surface area contributed by atoms with Crippen molar-refractivity contribution in [2.45, 2.75) is 46.6 Å². The van der Waals surface area contributed by atoms with Gasteiger partial charge < -0.3 is 19.5 Å². The zero-order valence-corrected chi connectivity index (χ0v) is 17.3. The lowest BCUT2D eigenvalue weighted by Gasteiger charge is -2.15. The topological polar surface area (TPSA) is 56.8 Å². The first-order valence-corrected chi connectivity index (χ1v) is 9.98. The molecular formula is C23H31NO4. The lowest BCUT2D eigenvalue weighted by atomic mass is 10.1. The molecule has 0 unspecified atom stereocenters. The van der Waals surface area contributed by atoms with Crippen LogP contribution in [0.2, 0.25) is 0 Å². The van der Waals surface area contributed by atoms with E-state index in [4.69, 9.17) is 14.2 Å². The van der Waals surface area contributed by atoms with E-state index in [1.807, 2.05) is 70.2 Å². The highest BCUT2D eigenvalue weighted by atomic mass is 16.5. The predicted molar refractivity (Wildman–Crippen MR) is 111 cm³/mol. The second-order valence-corrected chi connectivity index (χ2v) is 6.44. The highest BCUT2D eigenvalue weighted by Crippen LogP contribution is 2.29. The van der Waals surface area contributed by atoms with E-state index in [-0.39, 0.29) is 11.9 Å². The van der Waals surface area contributed by atoms with Gasteiger partial charge in [-0.15, -0.1) is 0 Å². The molecule has 0 spiro atoms. The molecule has 0 aliphatic carbocycles. The molecule has 1 atom stereocenters. The summed E-state index contributed by atoms with van der Waals surface area (Å²) in [6, 6.07) is 13.6. The fourth-order valence-corrected chi connectivity index (χ4v) is 2.93. The molecule has 2 rings (SSSR count). The van der Waals surface area contributed by atoms with Crippen LogP contribution in [0.25, 0.3) is 0 Å². The Labute approximate surface area is 168 Å². The third-order valence-electron chi connectivity index (χ3n) is 4.32. The molecule has 0 fully saturated rings. The summed E-state index contributed by atoms with van der Waals surface area (Å²) in [5.74, 6) is 2.32. The van der Waals surface area contributed by atoms with E-state index in [0.717, 1.165) is 28.4 Å². The molecular weight excluding hydrogens is 354 g/mol. The van der Waals surface area contributed by atoms with Gasteiger partial charge in [0.1, 0.15) is 5.75 Å². The summed E-state index contributed by atoms with van der Waals surface area (Å²) in [5.41, 5.74) is 2.10. The van der Waals surface area contributed by atoms with E-state index in [0.29, 0.717) is 32.7 Å². The molecule has 5 nitrogen and oxygen atoms in total. The van der Waals surface area contributed by atoms with Crippen LogP contribution in [0.3, 0.4) is 0 Å². The number of benzene rings is 2. The Hall–Kier alpha value is -2.69. The van der Waals surface area contributed by atoms with Crippen molar-refractivity contribution in [3.8, 4) is 17.2 Å². The Bertz CT molecular complexity index is 743. The van der Waals surface area contributed by atoms with Crippen LogP contribution in [0.1, 0.15) is 51.3 Å². The number of carbonyl (C=O) groups is 1. The number of hydrogen-bond acceptors (Lipinski definition) is 4. The van der Waals surface area contributed by atoms with Crippen molar-refractivity contribution >= 4 is 5.91 Å². The predicted octanol–water partition coefficient (Wildman–Crippen LogP) is 4.69. The first kappa shape index (κ1) is 21.6. The van der Waals surface area contributed by atoms with Crippen LogP contribution in [0.4, 0.5) is 0 Å². The fourth-order valence-electron chi connectivity index (χ4n) is 2.93. The number of carbonyl (C=O) groups excluding carboxylic acids is 1. The quantitative estimate of drug-likeness (QED) is 0.609. The Balaban J connectivity index is 1.89. The van der Waals surface area contributed by atoms with Crippen LogP contribution < -0.4 is 19.5 Å². The normalized spacial score (nSPS) is 11.6. The van der Waals surface area contributed by atoms with Gasteiger partial charge in [-0.25, -0.2) is 0 Å². The van der Waals surface area contributed by atoms with Gasteiger partial charge in [0.15, 0.2) is 11.5 Å². The van der Waals surface area contributed by atoms with Crippen molar-refractivity contribution in [1.29, 1.82) is 0 Å². The maximum Gasteiger partial charge on any atom is 0.220 e. The van der Waals surface area contributed by atoms with Crippen LogP contribution in [0.5, 0.6) is 17.2 Å². The Morgan fingerprint density at radius 2 is 1.54 bits per heavy atom. The van der Waals surface area contributed by atoms with Crippen molar-refractivity contribution in [2.24, 2.45) is 0 Å².